The van der Waals surface area contributed by atoms with Crippen molar-refractivity contribution >= 4 is 23.9 Å². The summed E-state index contributed by atoms with van der Waals surface area (Å²) in [6.45, 7) is 2.35. The van der Waals surface area contributed by atoms with Gasteiger partial charge in [-0.25, -0.2) is 0 Å². The van der Waals surface area contributed by atoms with Crippen molar-refractivity contribution in [2.45, 2.75) is 110 Å². The van der Waals surface area contributed by atoms with Gasteiger partial charge in [0.05, 0.1) is 0 Å². The lowest BCUT2D eigenvalue weighted by Gasteiger charge is -2.30. The van der Waals surface area contributed by atoms with E-state index in [1.54, 1.807) is 0 Å². The number of rotatable bonds is 18. The summed E-state index contributed by atoms with van der Waals surface area (Å²) in [5.41, 5.74) is 0. The highest BCUT2D eigenvalue weighted by atomic mass is 16.4. The van der Waals surface area contributed by atoms with Gasteiger partial charge in [-0.15, -0.1) is 0 Å². The summed E-state index contributed by atoms with van der Waals surface area (Å²) in [5, 5.41) is 35.8. The largest absolute Gasteiger partial charge is 0.481 e. The summed E-state index contributed by atoms with van der Waals surface area (Å²) >= 11 is 0. The molecular formula is C26H44O8. The van der Waals surface area contributed by atoms with Gasteiger partial charge in [0.15, 0.2) is 11.8 Å². The van der Waals surface area contributed by atoms with Crippen molar-refractivity contribution in [3.05, 3.63) is 0 Å². The summed E-state index contributed by atoms with van der Waals surface area (Å²) in [6.07, 6.45) is 14.9. The van der Waals surface area contributed by atoms with Gasteiger partial charge in [0.1, 0.15) is 0 Å². The van der Waals surface area contributed by atoms with Crippen LogP contribution in [0.15, 0.2) is 0 Å². The third-order valence-electron chi connectivity index (χ3n) is 7.61. The smallest absolute Gasteiger partial charge is 0.317 e. The molecule has 1 fully saturated rings. The SMILES string of the molecule is CC1CCCCC(CCCCCCC(C(=O)O)C(=O)O)C1CCCCCCC(C(=O)O)C(=O)O. The maximum absolute atomic E-state index is 11.0. The van der Waals surface area contributed by atoms with Gasteiger partial charge in [-0.1, -0.05) is 90.4 Å². The monoisotopic (exact) mass is 484 g/mol. The number of carbonyl (C=O) groups is 4. The Morgan fingerprint density at radius 2 is 1.03 bits per heavy atom. The Hall–Kier alpha value is -2.12. The van der Waals surface area contributed by atoms with Crippen molar-refractivity contribution in [2.24, 2.45) is 29.6 Å². The van der Waals surface area contributed by atoms with E-state index in [0.717, 1.165) is 51.4 Å². The quantitative estimate of drug-likeness (QED) is 0.110. The molecule has 1 aliphatic carbocycles. The molecule has 0 aromatic rings. The molecule has 0 radical (unpaired) electrons. The normalized spacial score (nSPS) is 20.9. The molecule has 4 N–H and O–H groups in total. The van der Waals surface area contributed by atoms with Gasteiger partial charge in [0.2, 0.25) is 0 Å². The van der Waals surface area contributed by atoms with Crippen molar-refractivity contribution in [1.29, 1.82) is 0 Å². The van der Waals surface area contributed by atoms with Crippen LogP contribution in [0.25, 0.3) is 0 Å². The van der Waals surface area contributed by atoms with Crippen LogP contribution in [0.1, 0.15) is 110 Å². The Bertz CT molecular complexity index is 619. The Kier molecular flexibility index (Phi) is 14.5. The fourth-order valence-electron chi connectivity index (χ4n) is 5.54. The molecule has 1 aliphatic rings. The van der Waals surface area contributed by atoms with Crippen LogP contribution in [0.2, 0.25) is 0 Å². The summed E-state index contributed by atoms with van der Waals surface area (Å²) in [4.78, 5) is 43.9. The van der Waals surface area contributed by atoms with Crippen LogP contribution in [-0.4, -0.2) is 44.3 Å². The average molecular weight is 485 g/mol. The van der Waals surface area contributed by atoms with Crippen molar-refractivity contribution in [3.63, 3.8) is 0 Å². The van der Waals surface area contributed by atoms with Gasteiger partial charge in [0, 0.05) is 0 Å². The Labute approximate surface area is 203 Å². The van der Waals surface area contributed by atoms with Gasteiger partial charge in [0.25, 0.3) is 0 Å². The number of carboxylic acid groups (broad SMARTS) is 4. The van der Waals surface area contributed by atoms with Crippen molar-refractivity contribution in [3.8, 4) is 0 Å². The second kappa shape index (κ2) is 16.5. The van der Waals surface area contributed by atoms with Gasteiger partial charge < -0.3 is 20.4 Å². The molecule has 1 rings (SSSR count). The molecule has 0 amide bonds. The van der Waals surface area contributed by atoms with Gasteiger partial charge in [-0.05, 0) is 37.0 Å². The fourth-order valence-corrected chi connectivity index (χ4v) is 5.54. The van der Waals surface area contributed by atoms with Crippen molar-refractivity contribution < 1.29 is 39.6 Å². The minimum Gasteiger partial charge on any atom is -0.481 e. The number of unbranched alkanes of at least 4 members (excludes halogenated alkanes) is 6. The molecule has 0 aromatic carbocycles. The predicted molar refractivity (Wildman–Crippen MR) is 128 cm³/mol. The van der Waals surface area contributed by atoms with Gasteiger partial charge in [-0.3, -0.25) is 19.2 Å². The summed E-state index contributed by atoms with van der Waals surface area (Å²) in [6, 6.07) is 0. The van der Waals surface area contributed by atoms with Gasteiger partial charge in [-0.2, -0.15) is 0 Å². The summed E-state index contributed by atoms with van der Waals surface area (Å²) < 4.78 is 0. The predicted octanol–water partition coefficient (Wildman–Crippen LogP) is 5.68. The van der Waals surface area contributed by atoms with E-state index in [-0.39, 0.29) is 12.8 Å². The van der Waals surface area contributed by atoms with Crippen LogP contribution >= 0.6 is 0 Å². The van der Waals surface area contributed by atoms with Crippen LogP contribution in [0, 0.1) is 29.6 Å². The zero-order chi connectivity index (χ0) is 25.5. The molecule has 0 aromatic heterocycles. The van der Waals surface area contributed by atoms with E-state index in [1.165, 1.54) is 25.7 Å². The summed E-state index contributed by atoms with van der Waals surface area (Å²) in [5.74, 6) is -5.59. The average Bonchev–Trinajstić information content (AvgIpc) is 2.92. The first-order valence-corrected chi connectivity index (χ1v) is 13.1. The molecule has 0 aliphatic heterocycles. The molecule has 8 heteroatoms. The molecular weight excluding hydrogens is 440 g/mol. The standard InChI is InChI=1S/C26H44O8/c1-18-12-10-11-14-19(13-6-2-3-8-16-21(23(27)28)24(29)30)20(18)15-7-4-5-9-17-22(25(31)32)26(33)34/h18-22H,2-17H2,1H3,(H,27,28)(H,29,30)(H,31,32)(H,33,34). The first kappa shape index (κ1) is 29.9. The maximum Gasteiger partial charge on any atom is 0.317 e. The van der Waals surface area contributed by atoms with E-state index in [2.05, 4.69) is 6.92 Å². The number of aliphatic carboxylic acids is 4. The molecule has 196 valence electrons. The molecule has 34 heavy (non-hydrogen) atoms. The van der Waals surface area contributed by atoms with E-state index in [1.807, 2.05) is 0 Å². The molecule has 0 saturated heterocycles. The fraction of sp³-hybridized carbons (Fsp3) is 0.846. The highest BCUT2D eigenvalue weighted by Crippen LogP contribution is 2.39. The molecule has 3 unspecified atom stereocenters. The van der Waals surface area contributed by atoms with E-state index >= 15 is 0 Å². The molecule has 1 saturated carbocycles. The Morgan fingerprint density at radius 3 is 1.50 bits per heavy atom. The van der Waals surface area contributed by atoms with E-state index in [9.17, 15) is 19.2 Å². The highest BCUT2D eigenvalue weighted by Gasteiger charge is 2.29. The zero-order valence-corrected chi connectivity index (χ0v) is 20.6. The second-order valence-corrected chi connectivity index (χ2v) is 10.1. The Balaban J connectivity index is 2.35. The van der Waals surface area contributed by atoms with Gasteiger partial charge >= 0.3 is 23.9 Å². The lowest BCUT2D eigenvalue weighted by Crippen LogP contribution is -2.23. The topological polar surface area (TPSA) is 149 Å². The van der Waals surface area contributed by atoms with Crippen LogP contribution < -0.4 is 0 Å². The Morgan fingerprint density at radius 1 is 0.618 bits per heavy atom. The van der Waals surface area contributed by atoms with Crippen molar-refractivity contribution in [2.75, 3.05) is 0 Å². The van der Waals surface area contributed by atoms with E-state index in [4.69, 9.17) is 20.4 Å². The van der Waals surface area contributed by atoms with Crippen LogP contribution in [0.3, 0.4) is 0 Å². The first-order valence-electron chi connectivity index (χ1n) is 13.1. The molecule has 3 atom stereocenters. The highest BCUT2D eigenvalue weighted by molar-refractivity contribution is 5.93. The molecule has 8 nitrogen and oxygen atoms in total. The number of hydrogen-bond donors (Lipinski definition) is 4. The van der Waals surface area contributed by atoms with Crippen LogP contribution in [0.5, 0.6) is 0 Å². The molecule has 0 heterocycles. The first-order chi connectivity index (χ1) is 16.1. The zero-order valence-electron chi connectivity index (χ0n) is 20.6. The lowest BCUT2D eigenvalue weighted by molar-refractivity contribution is -0.156. The van der Waals surface area contributed by atoms with Crippen LogP contribution in [-0.2, 0) is 19.2 Å². The third-order valence-corrected chi connectivity index (χ3v) is 7.61. The molecule has 0 spiro atoms. The van der Waals surface area contributed by atoms with Crippen LogP contribution in [0.4, 0.5) is 0 Å². The third kappa shape index (κ3) is 11.3. The minimum atomic E-state index is -1.30. The van der Waals surface area contributed by atoms with Crippen molar-refractivity contribution in [1.82, 2.24) is 0 Å². The van der Waals surface area contributed by atoms with E-state index in [0.29, 0.717) is 30.6 Å². The number of carboxylic acids is 4. The van der Waals surface area contributed by atoms with E-state index < -0.39 is 35.7 Å². The molecule has 0 bridgehead atoms. The summed E-state index contributed by atoms with van der Waals surface area (Å²) in [7, 11) is 0. The number of hydrogen-bond acceptors (Lipinski definition) is 4. The maximum atomic E-state index is 11.0. The second-order valence-electron chi connectivity index (χ2n) is 10.1. The lowest BCUT2D eigenvalue weighted by atomic mass is 9.76. The minimum absolute atomic E-state index is 0.187.